The number of piperidine rings is 1. The van der Waals surface area contributed by atoms with Crippen LogP contribution in [0.1, 0.15) is 32.1 Å². The summed E-state index contributed by atoms with van der Waals surface area (Å²) in [5.74, 6) is 0.522. The third kappa shape index (κ3) is 6.91. The molecule has 4 rings (SSSR count). The smallest absolute Gasteiger partial charge is 0.483 e. The first-order valence-electron chi connectivity index (χ1n) is 11.7. The number of likely N-dealkylation sites (tertiary alicyclic amines) is 1. The van der Waals surface area contributed by atoms with Crippen molar-refractivity contribution < 1.29 is 46.5 Å². The van der Waals surface area contributed by atoms with Crippen LogP contribution in [0.15, 0.2) is 22.7 Å². The number of nitrogens with zero attached hydrogens (tertiary/aromatic N) is 2. The second-order valence-electron chi connectivity index (χ2n) is 9.04. The first kappa shape index (κ1) is 25.4. The van der Waals surface area contributed by atoms with Gasteiger partial charge in [0.15, 0.2) is 12.2 Å². The lowest BCUT2D eigenvalue weighted by Crippen LogP contribution is -2.51. The van der Waals surface area contributed by atoms with E-state index < -0.39 is 24.5 Å². The Kier molecular flexibility index (Phi) is 7.90. The predicted octanol–water partition coefficient (Wildman–Crippen LogP) is 4.49. The fourth-order valence-electron chi connectivity index (χ4n) is 4.70. The number of carboxylic acid groups (broad SMARTS) is 1. The molecule has 35 heavy (non-hydrogen) atoms. The molecule has 0 aliphatic carbocycles. The Morgan fingerprint density at radius 1 is 1.20 bits per heavy atom. The van der Waals surface area contributed by atoms with Gasteiger partial charge in [0.05, 0.1) is 19.8 Å². The number of hydrogen-bond acceptors (Lipinski definition) is 8. The summed E-state index contributed by atoms with van der Waals surface area (Å²) >= 11 is 0. The Labute approximate surface area is 200 Å². The van der Waals surface area contributed by atoms with Crippen LogP contribution in [0.2, 0.25) is 0 Å². The molecule has 2 saturated heterocycles. The molecule has 0 radical (unpaired) electrons. The molecule has 12 heteroatoms. The standard InChI is InChI=1S/C23H29F3N2O7/c24-23(25,26)15-33-17-2-1-3-18-19(17)20(27-35-18)32-11-6-16-4-9-28(10-5-16)14-22(34-21(29)30)7-12-31-13-8-22/h1-3,16H,4-15H2,(H,29,30). The molecule has 0 unspecified atom stereocenters. The molecule has 2 aromatic rings. The maximum Gasteiger partial charge on any atom is 0.506 e. The van der Waals surface area contributed by atoms with Gasteiger partial charge >= 0.3 is 12.3 Å². The number of fused-ring (bicyclic) bond motifs is 1. The van der Waals surface area contributed by atoms with Crippen LogP contribution in [0, 0.1) is 5.92 Å². The summed E-state index contributed by atoms with van der Waals surface area (Å²) in [7, 11) is 0. The summed E-state index contributed by atoms with van der Waals surface area (Å²) in [6.45, 7) is 2.08. The zero-order chi connectivity index (χ0) is 24.9. The van der Waals surface area contributed by atoms with Crippen LogP contribution in [0.4, 0.5) is 18.0 Å². The largest absolute Gasteiger partial charge is 0.506 e. The average molecular weight is 502 g/mol. The van der Waals surface area contributed by atoms with Gasteiger partial charge in [-0.3, -0.25) is 4.90 Å². The Morgan fingerprint density at radius 3 is 2.63 bits per heavy atom. The third-order valence-corrected chi connectivity index (χ3v) is 6.51. The van der Waals surface area contributed by atoms with Gasteiger partial charge in [0.1, 0.15) is 16.7 Å². The summed E-state index contributed by atoms with van der Waals surface area (Å²) in [4.78, 5) is 13.4. The minimum absolute atomic E-state index is 0.00926. The van der Waals surface area contributed by atoms with E-state index in [2.05, 4.69) is 10.1 Å². The summed E-state index contributed by atoms with van der Waals surface area (Å²) in [5.41, 5.74) is -0.432. The molecule has 0 atom stereocenters. The zero-order valence-corrected chi connectivity index (χ0v) is 19.2. The Morgan fingerprint density at radius 2 is 1.94 bits per heavy atom. The lowest BCUT2D eigenvalue weighted by atomic mass is 9.90. The van der Waals surface area contributed by atoms with Crippen LogP contribution < -0.4 is 9.47 Å². The quantitative estimate of drug-likeness (QED) is 0.497. The third-order valence-electron chi connectivity index (χ3n) is 6.51. The van der Waals surface area contributed by atoms with E-state index in [1.54, 1.807) is 6.07 Å². The molecule has 194 valence electrons. The molecule has 1 aromatic carbocycles. The van der Waals surface area contributed by atoms with Crippen molar-refractivity contribution in [3.8, 4) is 11.6 Å². The fourth-order valence-corrected chi connectivity index (χ4v) is 4.70. The first-order chi connectivity index (χ1) is 16.7. The van der Waals surface area contributed by atoms with Gasteiger partial charge in [-0.15, -0.1) is 0 Å². The zero-order valence-electron chi connectivity index (χ0n) is 19.2. The van der Waals surface area contributed by atoms with Gasteiger partial charge in [-0.25, -0.2) is 4.79 Å². The lowest BCUT2D eigenvalue weighted by molar-refractivity contribution is -0.153. The summed E-state index contributed by atoms with van der Waals surface area (Å²) in [6.07, 6.45) is -2.03. The number of rotatable bonds is 9. The van der Waals surface area contributed by atoms with Gasteiger partial charge in [0, 0.05) is 19.4 Å². The van der Waals surface area contributed by atoms with Crippen molar-refractivity contribution in [2.75, 3.05) is 46.1 Å². The fraction of sp³-hybridized carbons (Fsp3) is 0.652. The summed E-state index contributed by atoms with van der Waals surface area (Å²) < 4.78 is 64.2. The number of carbonyl (C=O) groups is 1. The van der Waals surface area contributed by atoms with Crippen molar-refractivity contribution in [1.82, 2.24) is 10.1 Å². The van der Waals surface area contributed by atoms with Crippen molar-refractivity contribution in [2.24, 2.45) is 5.92 Å². The topological polar surface area (TPSA) is 103 Å². The van der Waals surface area contributed by atoms with Crippen LogP contribution in [0.3, 0.4) is 0 Å². The van der Waals surface area contributed by atoms with Gasteiger partial charge in [-0.1, -0.05) is 6.07 Å². The average Bonchev–Trinajstić information content (AvgIpc) is 3.22. The lowest BCUT2D eigenvalue weighted by Gasteiger charge is -2.41. The predicted molar refractivity (Wildman–Crippen MR) is 117 cm³/mol. The van der Waals surface area contributed by atoms with Crippen molar-refractivity contribution >= 4 is 17.1 Å². The SMILES string of the molecule is O=C(O)OC1(CN2CCC(CCOc3noc4cccc(OCC(F)(F)F)c34)CC2)CCOCC1. The highest BCUT2D eigenvalue weighted by Gasteiger charge is 2.39. The number of alkyl halides is 3. The van der Waals surface area contributed by atoms with E-state index >= 15 is 0 Å². The van der Waals surface area contributed by atoms with Crippen LogP contribution in [0.25, 0.3) is 11.0 Å². The van der Waals surface area contributed by atoms with Gasteiger partial charge in [-0.05, 0) is 55.6 Å². The Bertz CT molecular complexity index is 983. The molecule has 2 aliphatic rings. The number of halogens is 3. The minimum atomic E-state index is -4.46. The van der Waals surface area contributed by atoms with E-state index in [1.807, 2.05) is 0 Å². The van der Waals surface area contributed by atoms with Gasteiger partial charge < -0.3 is 28.6 Å². The maximum atomic E-state index is 12.6. The molecule has 1 aromatic heterocycles. The minimum Gasteiger partial charge on any atom is -0.483 e. The summed E-state index contributed by atoms with van der Waals surface area (Å²) in [6, 6.07) is 4.54. The van der Waals surface area contributed by atoms with E-state index in [9.17, 15) is 18.0 Å². The normalized spacial score (nSPS) is 19.5. The van der Waals surface area contributed by atoms with Gasteiger partial charge in [-0.2, -0.15) is 13.2 Å². The van der Waals surface area contributed by atoms with Gasteiger partial charge in [0.2, 0.25) is 0 Å². The molecule has 9 nitrogen and oxygen atoms in total. The molecule has 3 heterocycles. The highest BCUT2D eigenvalue weighted by molar-refractivity contribution is 5.88. The summed E-state index contributed by atoms with van der Waals surface area (Å²) in [5, 5.41) is 13.3. The van der Waals surface area contributed by atoms with Crippen molar-refractivity contribution in [2.45, 2.75) is 43.9 Å². The van der Waals surface area contributed by atoms with E-state index in [-0.39, 0.29) is 17.0 Å². The molecule has 0 saturated carbocycles. The van der Waals surface area contributed by atoms with Crippen LogP contribution >= 0.6 is 0 Å². The van der Waals surface area contributed by atoms with E-state index in [1.165, 1.54) is 12.1 Å². The Balaban J connectivity index is 1.26. The number of ether oxygens (including phenoxy) is 4. The van der Waals surface area contributed by atoms with Crippen LogP contribution in [-0.2, 0) is 9.47 Å². The highest BCUT2D eigenvalue weighted by Crippen LogP contribution is 2.35. The van der Waals surface area contributed by atoms with E-state index in [0.29, 0.717) is 50.7 Å². The van der Waals surface area contributed by atoms with Crippen LogP contribution in [0.5, 0.6) is 11.6 Å². The Hall–Kier alpha value is -2.73. The van der Waals surface area contributed by atoms with E-state index in [0.717, 1.165) is 32.4 Å². The molecule has 0 bridgehead atoms. The molecule has 2 fully saturated rings. The van der Waals surface area contributed by atoms with Crippen LogP contribution in [-0.4, -0.2) is 79.2 Å². The number of hydrogen-bond donors (Lipinski definition) is 1. The molecule has 1 N–H and O–H groups in total. The van der Waals surface area contributed by atoms with Crippen molar-refractivity contribution in [3.05, 3.63) is 18.2 Å². The second-order valence-corrected chi connectivity index (χ2v) is 9.04. The van der Waals surface area contributed by atoms with Gasteiger partial charge in [0.25, 0.3) is 5.88 Å². The van der Waals surface area contributed by atoms with Crippen molar-refractivity contribution in [1.29, 1.82) is 0 Å². The number of aromatic nitrogens is 1. The molecule has 2 aliphatic heterocycles. The maximum absolute atomic E-state index is 12.6. The van der Waals surface area contributed by atoms with Crippen molar-refractivity contribution in [3.63, 3.8) is 0 Å². The molecule has 0 amide bonds. The molecular weight excluding hydrogens is 473 g/mol. The first-order valence-corrected chi connectivity index (χ1v) is 11.7. The molecule has 0 spiro atoms. The molecular formula is C23H29F3N2O7. The second kappa shape index (κ2) is 10.9. The highest BCUT2D eigenvalue weighted by atomic mass is 19.4. The van der Waals surface area contributed by atoms with E-state index in [4.69, 9.17) is 28.6 Å². The number of benzene rings is 1. The monoisotopic (exact) mass is 502 g/mol.